The van der Waals surface area contributed by atoms with Crippen LogP contribution in [0.3, 0.4) is 0 Å². The SMILES string of the molecule is O[C@H](C[C@@H]1CC(F)(F)CCN1)c1ccccc1. The van der Waals surface area contributed by atoms with Gasteiger partial charge in [-0.3, -0.25) is 0 Å². The average molecular weight is 241 g/mol. The number of alkyl halides is 2. The van der Waals surface area contributed by atoms with Gasteiger partial charge in [-0.2, -0.15) is 0 Å². The van der Waals surface area contributed by atoms with Crippen LogP contribution in [0.4, 0.5) is 8.78 Å². The van der Waals surface area contributed by atoms with Crippen LogP contribution in [0.25, 0.3) is 0 Å². The number of nitrogens with one attached hydrogen (secondary N) is 1. The summed E-state index contributed by atoms with van der Waals surface area (Å²) in [5.74, 6) is -2.59. The molecule has 0 unspecified atom stereocenters. The molecule has 2 atom stereocenters. The maximum absolute atomic E-state index is 13.2. The number of aliphatic hydroxyl groups excluding tert-OH is 1. The van der Waals surface area contributed by atoms with Gasteiger partial charge < -0.3 is 10.4 Å². The van der Waals surface area contributed by atoms with Gasteiger partial charge in [0.2, 0.25) is 0 Å². The summed E-state index contributed by atoms with van der Waals surface area (Å²) in [5, 5.41) is 13.0. The van der Waals surface area contributed by atoms with Crippen LogP contribution < -0.4 is 5.32 Å². The van der Waals surface area contributed by atoms with Crippen LogP contribution in [-0.4, -0.2) is 23.6 Å². The second-order valence-corrected chi connectivity index (χ2v) is 4.62. The molecule has 94 valence electrons. The Morgan fingerprint density at radius 3 is 2.71 bits per heavy atom. The van der Waals surface area contributed by atoms with Crippen LogP contribution in [0.1, 0.15) is 30.9 Å². The lowest BCUT2D eigenvalue weighted by Gasteiger charge is -2.31. The number of benzene rings is 1. The Bertz CT molecular complexity index is 356. The van der Waals surface area contributed by atoms with Crippen LogP contribution in [0, 0.1) is 0 Å². The molecule has 1 fully saturated rings. The summed E-state index contributed by atoms with van der Waals surface area (Å²) >= 11 is 0. The van der Waals surface area contributed by atoms with E-state index in [-0.39, 0.29) is 18.9 Å². The maximum atomic E-state index is 13.2. The second-order valence-electron chi connectivity index (χ2n) is 4.62. The standard InChI is InChI=1S/C13H17F2NO/c14-13(15)6-7-16-11(9-13)8-12(17)10-4-2-1-3-5-10/h1-5,11-12,16-17H,6-9H2/t11-,12-/m1/s1. The maximum Gasteiger partial charge on any atom is 0.250 e. The molecular weight excluding hydrogens is 224 g/mol. The molecule has 0 spiro atoms. The van der Waals surface area contributed by atoms with E-state index in [4.69, 9.17) is 0 Å². The van der Waals surface area contributed by atoms with Crippen molar-refractivity contribution in [2.24, 2.45) is 0 Å². The molecule has 2 nitrogen and oxygen atoms in total. The minimum absolute atomic E-state index is 0.106. The van der Waals surface area contributed by atoms with Crippen molar-refractivity contribution in [1.82, 2.24) is 5.32 Å². The van der Waals surface area contributed by atoms with Gasteiger partial charge in [0.15, 0.2) is 0 Å². The molecule has 1 aliphatic rings. The van der Waals surface area contributed by atoms with Gasteiger partial charge in [0.25, 0.3) is 5.92 Å². The zero-order valence-electron chi connectivity index (χ0n) is 9.57. The Hall–Kier alpha value is -1.00. The van der Waals surface area contributed by atoms with E-state index in [0.29, 0.717) is 13.0 Å². The smallest absolute Gasteiger partial charge is 0.250 e. The first-order chi connectivity index (χ1) is 8.07. The fourth-order valence-corrected chi connectivity index (χ4v) is 2.24. The van der Waals surface area contributed by atoms with E-state index >= 15 is 0 Å². The molecule has 0 radical (unpaired) electrons. The summed E-state index contributed by atoms with van der Waals surface area (Å²) < 4.78 is 26.4. The van der Waals surface area contributed by atoms with E-state index in [1.165, 1.54) is 0 Å². The third-order valence-electron chi connectivity index (χ3n) is 3.16. The van der Waals surface area contributed by atoms with Crippen molar-refractivity contribution in [3.63, 3.8) is 0 Å². The summed E-state index contributed by atoms with van der Waals surface area (Å²) in [6, 6.07) is 8.85. The molecule has 0 aliphatic carbocycles. The van der Waals surface area contributed by atoms with Crippen LogP contribution in [0.5, 0.6) is 0 Å². The van der Waals surface area contributed by atoms with Crippen LogP contribution in [0.15, 0.2) is 30.3 Å². The molecule has 0 aromatic heterocycles. The van der Waals surface area contributed by atoms with Gasteiger partial charge in [-0.1, -0.05) is 30.3 Å². The minimum atomic E-state index is -2.59. The number of hydrogen-bond acceptors (Lipinski definition) is 2. The predicted molar refractivity (Wildman–Crippen MR) is 62.0 cm³/mol. The first-order valence-electron chi connectivity index (χ1n) is 5.91. The van der Waals surface area contributed by atoms with Gasteiger partial charge in [0.05, 0.1) is 6.10 Å². The summed E-state index contributed by atoms with van der Waals surface area (Å²) in [5.41, 5.74) is 0.781. The van der Waals surface area contributed by atoms with Gasteiger partial charge in [0.1, 0.15) is 0 Å². The molecule has 1 heterocycles. The van der Waals surface area contributed by atoms with Gasteiger partial charge in [-0.05, 0) is 12.0 Å². The summed E-state index contributed by atoms with van der Waals surface area (Å²) in [6.07, 6.45) is -0.635. The Morgan fingerprint density at radius 1 is 1.35 bits per heavy atom. The highest BCUT2D eigenvalue weighted by Gasteiger charge is 2.36. The van der Waals surface area contributed by atoms with Crippen molar-refractivity contribution in [3.8, 4) is 0 Å². The number of halogens is 2. The largest absolute Gasteiger partial charge is 0.388 e. The van der Waals surface area contributed by atoms with Crippen LogP contribution >= 0.6 is 0 Å². The molecule has 17 heavy (non-hydrogen) atoms. The second kappa shape index (κ2) is 5.10. The van der Waals surface area contributed by atoms with E-state index in [1.807, 2.05) is 30.3 Å². The molecule has 0 saturated carbocycles. The molecule has 0 bridgehead atoms. The van der Waals surface area contributed by atoms with E-state index < -0.39 is 12.0 Å². The van der Waals surface area contributed by atoms with Crippen LogP contribution in [0.2, 0.25) is 0 Å². The highest BCUT2D eigenvalue weighted by Crippen LogP contribution is 2.31. The summed E-state index contributed by atoms with van der Waals surface area (Å²) in [7, 11) is 0. The van der Waals surface area contributed by atoms with Crippen LogP contribution in [-0.2, 0) is 0 Å². The van der Waals surface area contributed by atoms with E-state index in [1.54, 1.807) is 0 Å². The number of rotatable bonds is 3. The van der Waals surface area contributed by atoms with E-state index in [2.05, 4.69) is 5.32 Å². The fraction of sp³-hybridized carbons (Fsp3) is 0.538. The van der Waals surface area contributed by atoms with Gasteiger partial charge in [0, 0.05) is 25.4 Å². The minimum Gasteiger partial charge on any atom is -0.388 e. The first-order valence-corrected chi connectivity index (χ1v) is 5.91. The molecule has 2 rings (SSSR count). The van der Waals surface area contributed by atoms with E-state index in [0.717, 1.165) is 5.56 Å². The third kappa shape index (κ3) is 3.48. The Labute approximate surface area is 99.7 Å². The van der Waals surface area contributed by atoms with Crippen molar-refractivity contribution in [3.05, 3.63) is 35.9 Å². The zero-order valence-corrected chi connectivity index (χ0v) is 9.57. The Kier molecular flexibility index (Phi) is 3.74. The summed E-state index contributed by atoms with van der Waals surface area (Å²) in [6.45, 7) is 0.319. The summed E-state index contributed by atoms with van der Waals surface area (Å²) in [4.78, 5) is 0. The lowest BCUT2D eigenvalue weighted by Crippen LogP contribution is -2.44. The lowest BCUT2D eigenvalue weighted by atomic mass is 9.94. The van der Waals surface area contributed by atoms with Gasteiger partial charge >= 0.3 is 0 Å². The molecular formula is C13H17F2NO. The normalized spacial score (nSPS) is 25.5. The first kappa shape index (κ1) is 12.5. The lowest BCUT2D eigenvalue weighted by molar-refractivity contribution is -0.0464. The van der Waals surface area contributed by atoms with Gasteiger partial charge in [-0.25, -0.2) is 8.78 Å². The Morgan fingerprint density at radius 2 is 2.06 bits per heavy atom. The van der Waals surface area contributed by atoms with Crippen molar-refractivity contribution in [2.75, 3.05) is 6.54 Å². The topological polar surface area (TPSA) is 32.3 Å². The zero-order chi connectivity index (χ0) is 12.3. The molecule has 2 N–H and O–H groups in total. The average Bonchev–Trinajstić information content (AvgIpc) is 2.29. The molecule has 1 saturated heterocycles. The molecule has 1 aliphatic heterocycles. The van der Waals surface area contributed by atoms with Crippen molar-refractivity contribution >= 4 is 0 Å². The highest BCUT2D eigenvalue weighted by molar-refractivity contribution is 5.17. The Balaban J connectivity index is 1.93. The highest BCUT2D eigenvalue weighted by atomic mass is 19.3. The van der Waals surface area contributed by atoms with Crippen molar-refractivity contribution in [2.45, 2.75) is 37.3 Å². The molecule has 4 heteroatoms. The quantitative estimate of drug-likeness (QED) is 0.852. The van der Waals surface area contributed by atoms with E-state index in [9.17, 15) is 13.9 Å². The number of aliphatic hydroxyl groups is 1. The number of hydrogen-bond donors (Lipinski definition) is 2. The predicted octanol–water partition coefficient (Wildman–Crippen LogP) is 2.50. The molecule has 1 aromatic carbocycles. The van der Waals surface area contributed by atoms with Crippen molar-refractivity contribution in [1.29, 1.82) is 0 Å². The molecule has 0 amide bonds. The third-order valence-corrected chi connectivity index (χ3v) is 3.16. The monoisotopic (exact) mass is 241 g/mol. The molecule has 1 aromatic rings. The fourth-order valence-electron chi connectivity index (χ4n) is 2.24. The van der Waals surface area contributed by atoms with Crippen molar-refractivity contribution < 1.29 is 13.9 Å². The number of piperidine rings is 1. The van der Waals surface area contributed by atoms with Gasteiger partial charge in [-0.15, -0.1) is 0 Å².